The normalized spacial score (nSPS) is 28.2. The summed E-state index contributed by atoms with van der Waals surface area (Å²) in [5, 5.41) is 0. The second kappa shape index (κ2) is 3.94. The summed E-state index contributed by atoms with van der Waals surface area (Å²) in [5.74, 6) is -2.44. The average Bonchev–Trinajstić information content (AvgIpc) is 2.45. The van der Waals surface area contributed by atoms with E-state index < -0.39 is 24.0 Å². The first-order chi connectivity index (χ1) is 6.36. The highest BCUT2D eigenvalue weighted by Crippen LogP contribution is 2.32. The molecule has 0 spiro atoms. The Labute approximate surface area is 84.0 Å². The molecule has 1 amide bonds. The number of halogens is 4. The SMILES string of the molecule is NC1CN(C(=O)CCl)CC1C(F)(F)F. The second-order valence-corrected chi connectivity index (χ2v) is 3.51. The van der Waals surface area contributed by atoms with Gasteiger partial charge in [-0.1, -0.05) is 0 Å². The first-order valence-corrected chi connectivity index (χ1v) is 4.55. The number of amides is 1. The minimum absolute atomic E-state index is 0.0737. The van der Waals surface area contributed by atoms with E-state index in [1.807, 2.05) is 0 Å². The molecule has 2 unspecified atom stereocenters. The molecule has 2 N–H and O–H groups in total. The van der Waals surface area contributed by atoms with Crippen LogP contribution in [0.5, 0.6) is 0 Å². The molecule has 1 heterocycles. The van der Waals surface area contributed by atoms with Gasteiger partial charge in [0.2, 0.25) is 5.91 Å². The summed E-state index contributed by atoms with van der Waals surface area (Å²) in [6.07, 6.45) is -4.35. The zero-order chi connectivity index (χ0) is 10.9. The molecule has 0 aromatic carbocycles. The van der Waals surface area contributed by atoms with Crippen molar-refractivity contribution in [1.29, 1.82) is 0 Å². The van der Waals surface area contributed by atoms with Gasteiger partial charge in [-0.2, -0.15) is 13.2 Å². The van der Waals surface area contributed by atoms with Gasteiger partial charge in [0.1, 0.15) is 5.88 Å². The van der Waals surface area contributed by atoms with E-state index >= 15 is 0 Å². The van der Waals surface area contributed by atoms with Crippen LogP contribution in [0.25, 0.3) is 0 Å². The summed E-state index contributed by atoms with van der Waals surface area (Å²) >= 11 is 5.23. The number of carbonyl (C=O) groups excluding carboxylic acids is 1. The number of alkyl halides is 4. The topological polar surface area (TPSA) is 46.3 Å². The summed E-state index contributed by atoms with van der Waals surface area (Å²) in [7, 11) is 0. The number of nitrogens with two attached hydrogens (primary N) is 1. The molecule has 1 aliphatic heterocycles. The van der Waals surface area contributed by atoms with Crippen molar-refractivity contribution in [3.8, 4) is 0 Å². The van der Waals surface area contributed by atoms with E-state index in [0.29, 0.717) is 0 Å². The third kappa shape index (κ3) is 2.30. The third-order valence-corrected chi connectivity index (χ3v) is 2.48. The van der Waals surface area contributed by atoms with Crippen LogP contribution in [0.4, 0.5) is 13.2 Å². The predicted octanol–water partition coefficient (Wildman–Crippen LogP) is 0.573. The first-order valence-electron chi connectivity index (χ1n) is 4.02. The molecule has 0 aromatic heterocycles. The fourth-order valence-electron chi connectivity index (χ4n) is 1.46. The van der Waals surface area contributed by atoms with E-state index in [-0.39, 0.29) is 19.0 Å². The predicted molar refractivity (Wildman–Crippen MR) is 44.8 cm³/mol. The third-order valence-electron chi connectivity index (χ3n) is 2.25. The molecule has 2 atom stereocenters. The van der Waals surface area contributed by atoms with Gasteiger partial charge in [0.05, 0.1) is 5.92 Å². The Balaban J connectivity index is 2.65. The van der Waals surface area contributed by atoms with Crippen LogP contribution in [0.3, 0.4) is 0 Å². The molecule has 3 nitrogen and oxygen atoms in total. The Hall–Kier alpha value is -0.490. The molecule has 1 saturated heterocycles. The molecule has 14 heavy (non-hydrogen) atoms. The first kappa shape index (κ1) is 11.6. The molecule has 1 rings (SSSR count). The van der Waals surface area contributed by atoms with E-state index in [0.717, 1.165) is 4.90 Å². The maximum absolute atomic E-state index is 12.3. The van der Waals surface area contributed by atoms with Crippen LogP contribution < -0.4 is 5.73 Å². The van der Waals surface area contributed by atoms with Crippen molar-refractivity contribution >= 4 is 17.5 Å². The number of hydrogen-bond donors (Lipinski definition) is 1. The minimum Gasteiger partial charge on any atom is -0.339 e. The Kier molecular flexibility index (Phi) is 3.26. The van der Waals surface area contributed by atoms with Gasteiger partial charge < -0.3 is 10.6 Å². The number of likely N-dealkylation sites (tertiary alicyclic amines) is 1. The highest BCUT2D eigenvalue weighted by atomic mass is 35.5. The maximum Gasteiger partial charge on any atom is 0.395 e. The van der Waals surface area contributed by atoms with Crippen molar-refractivity contribution in [1.82, 2.24) is 4.90 Å². The fourth-order valence-corrected chi connectivity index (χ4v) is 1.63. The Morgan fingerprint density at radius 3 is 2.43 bits per heavy atom. The molecular weight excluding hydrogens is 221 g/mol. The Morgan fingerprint density at radius 1 is 1.50 bits per heavy atom. The Bertz CT molecular complexity index is 233. The number of nitrogens with zero attached hydrogens (tertiary/aromatic N) is 1. The Morgan fingerprint density at radius 2 is 2.07 bits per heavy atom. The van der Waals surface area contributed by atoms with Crippen LogP contribution in [-0.4, -0.2) is 42.0 Å². The smallest absolute Gasteiger partial charge is 0.339 e. The monoisotopic (exact) mass is 230 g/mol. The van der Waals surface area contributed by atoms with Crippen LogP contribution >= 0.6 is 11.6 Å². The van der Waals surface area contributed by atoms with Gasteiger partial charge in [-0.05, 0) is 0 Å². The maximum atomic E-state index is 12.3. The highest BCUT2D eigenvalue weighted by molar-refractivity contribution is 6.27. The average molecular weight is 231 g/mol. The van der Waals surface area contributed by atoms with Gasteiger partial charge >= 0.3 is 6.18 Å². The summed E-state index contributed by atoms with van der Waals surface area (Å²) in [5.41, 5.74) is 5.29. The molecule has 1 fully saturated rings. The van der Waals surface area contributed by atoms with Crippen molar-refractivity contribution < 1.29 is 18.0 Å². The van der Waals surface area contributed by atoms with Crippen LogP contribution in [0.2, 0.25) is 0 Å². The minimum atomic E-state index is -4.35. The number of hydrogen-bond acceptors (Lipinski definition) is 2. The summed E-state index contributed by atoms with van der Waals surface area (Å²) in [6, 6.07) is -1.04. The number of rotatable bonds is 1. The molecule has 82 valence electrons. The van der Waals surface area contributed by atoms with E-state index in [4.69, 9.17) is 17.3 Å². The van der Waals surface area contributed by atoms with Gasteiger partial charge in [-0.15, -0.1) is 11.6 Å². The molecular formula is C7H10ClF3N2O. The molecule has 0 aliphatic carbocycles. The van der Waals surface area contributed by atoms with Crippen LogP contribution in [0.15, 0.2) is 0 Å². The molecule has 7 heteroatoms. The van der Waals surface area contributed by atoms with E-state index in [2.05, 4.69) is 0 Å². The van der Waals surface area contributed by atoms with Gasteiger partial charge in [-0.3, -0.25) is 4.79 Å². The standard InChI is InChI=1S/C7H10ClF3N2O/c8-1-6(14)13-2-4(5(12)3-13)7(9,10)11/h4-5H,1-3,12H2. The second-order valence-electron chi connectivity index (χ2n) is 3.24. The lowest BCUT2D eigenvalue weighted by Crippen LogP contribution is -2.38. The van der Waals surface area contributed by atoms with Gasteiger partial charge in [0.15, 0.2) is 0 Å². The quantitative estimate of drug-likeness (QED) is 0.670. The van der Waals surface area contributed by atoms with Crippen molar-refractivity contribution in [2.45, 2.75) is 12.2 Å². The van der Waals surface area contributed by atoms with Gasteiger partial charge in [0, 0.05) is 19.1 Å². The summed E-state index contributed by atoms with van der Waals surface area (Å²) in [4.78, 5) is 12.1. The van der Waals surface area contributed by atoms with Crippen molar-refractivity contribution in [2.75, 3.05) is 19.0 Å². The van der Waals surface area contributed by atoms with E-state index in [1.54, 1.807) is 0 Å². The van der Waals surface area contributed by atoms with Gasteiger partial charge in [-0.25, -0.2) is 0 Å². The van der Waals surface area contributed by atoms with Crippen molar-refractivity contribution in [3.63, 3.8) is 0 Å². The van der Waals surface area contributed by atoms with Crippen molar-refractivity contribution in [3.05, 3.63) is 0 Å². The lowest BCUT2D eigenvalue weighted by atomic mass is 10.1. The largest absolute Gasteiger partial charge is 0.395 e. The summed E-state index contributed by atoms with van der Waals surface area (Å²) in [6.45, 7) is -0.452. The van der Waals surface area contributed by atoms with Crippen molar-refractivity contribution in [2.24, 2.45) is 11.7 Å². The van der Waals surface area contributed by atoms with Gasteiger partial charge in [0.25, 0.3) is 0 Å². The van der Waals surface area contributed by atoms with Crippen LogP contribution in [-0.2, 0) is 4.79 Å². The lowest BCUT2D eigenvalue weighted by Gasteiger charge is -2.17. The molecule has 0 radical (unpaired) electrons. The summed E-state index contributed by atoms with van der Waals surface area (Å²) < 4.78 is 36.9. The van der Waals surface area contributed by atoms with Crippen LogP contribution in [0, 0.1) is 5.92 Å². The van der Waals surface area contributed by atoms with E-state index in [1.165, 1.54) is 0 Å². The highest BCUT2D eigenvalue weighted by Gasteiger charge is 2.49. The lowest BCUT2D eigenvalue weighted by molar-refractivity contribution is -0.173. The zero-order valence-corrected chi connectivity index (χ0v) is 7.98. The van der Waals surface area contributed by atoms with Crippen LogP contribution in [0.1, 0.15) is 0 Å². The molecule has 0 bridgehead atoms. The number of carbonyl (C=O) groups is 1. The fraction of sp³-hybridized carbons (Fsp3) is 0.857. The van der Waals surface area contributed by atoms with E-state index in [9.17, 15) is 18.0 Å². The molecule has 0 aromatic rings. The zero-order valence-electron chi connectivity index (χ0n) is 7.22. The molecule has 0 saturated carbocycles. The molecule has 1 aliphatic rings.